The molecule has 2 aromatic rings. The summed E-state index contributed by atoms with van der Waals surface area (Å²) in [5.41, 5.74) is -1.86. The molecule has 0 atom stereocenters. The highest BCUT2D eigenvalue weighted by molar-refractivity contribution is 5.96. The fourth-order valence-corrected chi connectivity index (χ4v) is 3.97. The Morgan fingerprint density at radius 1 is 1.03 bits per heavy atom. The van der Waals surface area contributed by atoms with Crippen molar-refractivity contribution in [3.8, 4) is 0 Å². The Balaban J connectivity index is 1.28. The van der Waals surface area contributed by atoms with E-state index < -0.39 is 29.0 Å². The second-order valence-electron chi connectivity index (χ2n) is 8.71. The zero-order valence-corrected chi connectivity index (χ0v) is 18.9. The molecule has 2 fully saturated rings. The van der Waals surface area contributed by atoms with Crippen LogP contribution in [0.4, 0.5) is 34.0 Å². The summed E-state index contributed by atoms with van der Waals surface area (Å²) in [4.78, 5) is 27.7. The molecule has 188 valence electrons. The minimum absolute atomic E-state index is 0.136. The summed E-state index contributed by atoms with van der Waals surface area (Å²) in [5.74, 6) is -0.166. The van der Waals surface area contributed by atoms with Crippen LogP contribution in [0.25, 0.3) is 0 Å². The van der Waals surface area contributed by atoms with Gasteiger partial charge in [0.05, 0.1) is 11.1 Å². The normalized spacial score (nSPS) is 16.2. The lowest BCUT2D eigenvalue weighted by molar-refractivity contribution is -0.138. The highest BCUT2D eigenvalue weighted by Gasteiger charge is 2.37. The average molecular weight is 494 g/mol. The van der Waals surface area contributed by atoms with Crippen LogP contribution in [0.15, 0.2) is 30.3 Å². The van der Waals surface area contributed by atoms with Gasteiger partial charge in [0.25, 0.3) is 5.91 Å². The number of amides is 3. The van der Waals surface area contributed by atoms with Crippen molar-refractivity contribution in [1.82, 2.24) is 20.4 Å². The molecular weight excluding hydrogens is 468 g/mol. The van der Waals surface area contributed by atoms with E-state index in [0.717, 1.165) is 18.8 Å². The molecule has 2 N–H and O–H groups in total. The van der Waals surface area contributed by atoms with E-state index in [1.165, 1.54) is 17.7 Å². The standard InChI is InChI=1S/C23H26F4N6O2/c24-16-5-6-18(23(25,26)27)17(14-16)21(34)33-12-10-32(11-13-33)20-8-7-19(30-31-20)29-22(35)28-9-1-2-15-3-4-15/h5-8,14-15H,1-4,9-13H2,(H2,28,29,30,35). The van der Waals surface area contributed by atoms with Gasteiger partial charge >= 0.3 is 12.2 Å². The van der Waals surface area contributed by atoms with E-state index in [-0.39, 0.29) is 24.9 Å². The Morgan fingerprint density at radius 3 is 2.40 bits per heavy atom. The maximum Gasteiger partial charge on any atom is 0.417 e. The van der Waals surface area contributed by atoms with E-state index >= 15 is 0 Å². The number of carbonyl (C=O) groups is 2. The Morgan fingerprint density at radius 2 is 1.77 bits per heavy atom. The molecule has 1 saturated heterocycles. The number of rotatable bonds is 7. The number of aromatic nitrogens is 2. The van der Waals surface area contributed by atoms with Crippen molar-refractivity contribution in [2.24, 2.45) is 5.92 Å². The Labute approximate surface area is 199 Å². The molecule has 1 saturated carbocycles. The van der Waals surface area contributed by atoms with Gasteiger partial charge < -0.3 is 15.1 Å². The molecule has 0 unspecified atom stereocenters. The maximum atomic E-state index is 13.6. The highest BCUT2D eigenvalue weighted by atomic mass is 19.4. The van der Waals surface area contributed by atoms with Crippen LogP contribution in [0.2, 0.25) is 0 Å². The molecule has 12 heteroatoms. The molecule has 1 aliphatic carbocycles. The van der Waals surface area contributed by atoms with E-state index in [9.17, 15) is 27.2 Å². The molecule has 1 aromatic carbocycles. The van der Waals surface area contributed by atoms with Gasteiger partial charge in [-0.3, -0.25) is 10.1 Å². The molecule has 3 amide bonds. The summed E-state index contributed by atoms with van der Waals surface area (Å²) in [6.45, 7) is 1.49. The molecule has 0 radical (unpaired) electrons. The van der Waals surface area contributed by atoms with Crippen LogP contribution in [0.5, 0.6) is 0 Å². The highest BCUT2D eigenvalue weighted by Crippen LogP contribution is 2.34. The monoisotopic (exact) mass is 494 g/mol. The van der Waals surface area contributed by atoms with E-state index in [4.69, 9.17) is 0 Å². The predicted molar refractivity (Wildman–Crippen MR) is 121 cm³/mol. The number of hydrogen-bond acceptors (Lipinski definition) is 5. The van der Waals surface area contributed by atoms with Gasteiger partial charge in [-0.05, 0) is 49.1 Å². The third kappa shape index (κ3) is 6.58. The molecule has 2 aliphatic rings. The summed E-state index contributed by atoms with van der Waals surface area (Å²) in [6, 6.07) is 4.81. The zero-order valence-electron chi connectivity index (χ0n) is 18.9. The Bertz CT molecular complexity index is 1050. The van der Waals surface area contributed by atoms with Gasteiger partial charge in [-0.25, -0.2) is 9.18 Å². The molecule has 2 heterocycles. The second kappa shape index (κ2) is 10.4. The minimum Gasteiger partial charge on any atom is -0.352 e. The SMILES string of the molecule is O=C(NCCCC1CC1)Nc1ccc(N2CCN(C(=O)c3cc(F)ccc3C(F)(F)F)CC2)nn1. The number of urea groups is 1. The first-order valence-corrected chi connectivity index (χ1v) is 11.5. The van der Waals surface area contributed by atoms with Crippen molar-refractivity contribution in [2.75, 3.05) is 42.9 Å². The number of hydrogen-bond donors (Lipinski definition) is 2. The smallest absolute Gasteiger partial charge is 0.352 e. The van der Waals surface area contributed by atoms with Crippen LogP contribution in [-0.4, -0.2) is 59.8 Å². The van der Waals surface area contributed by atoms with Gasteiger partial charge in [0.2, 0.25) is 0 Å². The molecule has 35 heavy (non-hydrogen) atoms. The second-order valence-corrected chi connectivity index (χ2v) is 8.71. The Kier molecular flexibility index (Phi) is 7.37. The maximum absolute atomic E-state index is 13.6. The van der Waals surface area contributed by atoms with Gasteiger partial charge in [0, 0.05) is 32.7 Å². The molecule has 1 aromatic heterocycles. The van der Waals surface area contributed by atoms with E-state index in [1.807, 2.05) is 4.90 Å². The Hall–Kier alpha value is -3.44. The van der Waals surface area contributed by atoms with Crippen LogP contribution in [-0.2, 0) is 6.18 Å². The van der Waals surface area contributed by atoms with Gasteiger partial charge in [0.15, 0.2) is 11.6 Å². The summed E-state index contributed by atoms with van der Waals surface area (Å²) < 4.78 is 53.4. The van der Waals surface area contributed by atoms with Crippen molar-refractivity contribution in [3.05, 3.63) is 47.3 Å². The number of anilines is 2. The van der Waals surface area contributed by atoms with Gasteiger partial charge in [0.1, 0.15) is 5.82 Å². The summed E-state index contributed by atoms with van der Waals surface area (Å²) in [6.07, 6.45) is -0.135. The minimum atomic E-state index is -4.76. The van der Waals surface area contributed by atoms with Crippen LogP contribution in [0.1, 0.15) is 41.6 Å². The zero-order chi connectivity index (χ0) is 25.0. The first-order valence-electron chi connectivity index (χ1n) is 11.5. The van der Waals surface area contributed by atoms with Crippen molar-refractivity contribution in [1.29, 1.82) is 0 Å². The number of carbonyl (C=O) groups excluding carboxylic acids is 2. The topological polar surface area (TPSA) is 90.5 Å². The molecule has 0 spiro atoms. The lowest BCUT2D eigenvalue weighted by Gasteiger charge is -2.35. The van der Waals surface area contributed by atoms with Gasteiger partial charge in [-0.1, -0.05) is 12.8 Å². The fourth-order valence-electron chi connectivity index (χ4n) is 3.97. The number of nitrogens with zero attached hydrogens (tertiary/aromatic N) is 4. The molecular formula is C23H26F4N6O2. The lowest BCUT2D eigenvalue weighted by atomic mass is 10.0. The summed E-state index contributed by atoms with van der Waals surface area (Å²) >= 11 is 0. The van der Waals surface area contributed by atoms with E-state index in [0.29, 0.717) is 43.7 Å². The van der Waals surface area contributed by atoms with Gasteiger partial charge in [-0.15, -0.1) is 10.2 Å². The van der Waals surface area contributed by atoms with Crippen LogP contribution >= 0.6 is 0 Å². The van der Waals surface area contributed by atoms with Crippen LogP contribution in [0, 0.1) is 11.7 Å². The molecule has 8 nitrogen and oxygen atoms in total. The number of halogens is 4. The van der Waals surface area contributed by atoms with E-state index in [2.05, 4.69) is 20.8 Å². The fraction of sp³-hybridized carbons (Fsp3) is 0.478. The van der Waals surface area contributed by atoms with E-state index in [1.54, 1.807) is 12.1 Å². The summed E-state index contributed by atoms with van der Waals surface area (Å²) in [7, 11) is 0. The number of alkyl halides is 3. The first-order chi connectivity index (χ1) is 16.7. The third-order valence-electron chi connectivity index (χ3n) is 6.07. The van der Waals surface area contributed by atoms with Crippen molar-refractivity contribution < 1.29 is 27.2 Å². The average Bonchev–Trinajstić information content (AvgIpc) is 3.66. The van der Waals surface area contributed by atoms with Gasteiger partial charge in [-0.2, -0.15) is 13.2 Å². The van der Waals surface area contributed by atoms with Crippen LogP contribution in [0.3, 0.4) is 0 Å². The molecule has 0 bridgehead atoms. The summed E-state index contributed by atoms with van der Waals surface area (Å²) in [5, 5.41) is 13.5. The van der Waals surface area contributed by atoms with Crippen molar-refractivity contribution in [2.45, 2.75) is 31.9 Å². The predicted octanol–water partition coefficient (Wildman–Crippen LogP) is 3.91. The number of piperazine rings is 1. The quantitative estimate of drug-likeness (QED) is 0.450. The van der Waals surface area contributed by atoms with Crippen molar-refractivity contribution in [3.63, 3.8) is 0 Å². The lowest BCUT2D eigenvalue weighted by Crippen LogP contribution is -2.49. The third-order valence-corrected chi connectivity index (χ3v) is 6.07. The van der Waals surface area contributed by atoms with Crippen LogP contribution < -0.4 is 15.5 Å². The molecule has 4 rings (SSSR count). The number of benzene rings is 1. The first kappa shape index (κ1) is 24.7. The molecule has 1 aliphatic heterocycles. The largest absolute Gasteiger partial charge is 0.417 e. The number of nitrogens with one attached hydrogen (secondary N) is 2. The van der Waals surface area contributed by atoms with Crippen molar-refractivity contribution >= 4 is 23.6 Å².